The lowest BCUT2D eigenvalue weighted by Gasteiger charge is -2.07. The van der Waals surface area contributed by atoms with E-state index in [0.717, 1.165) is 16.6 Å². The molecule has 0 fully saturated rings. The summed E-state index contributed by atoms with van der Waals surface area (Å²) in [5, 5.41) is 20.3. The summed E-state index contributed by atoms with van der Waals surface area (Å²) in [5.74, 6) is -0.635. The molecule has 2 N–H and O–H groups in total. The van der Waals surface area contributed by atoms with Gasteiger partial charge in [-0.25, -0.2) is 4.79 Å². The number of hydrogen-bond acceptors (Lipinski definition) is 5. The van der Waals surface area contributed by atoms with Gasteiger partial charge in [0.05, 0.1) is 11.2 Å². The van der Waals surface area contributed by atoms with E-state index in [2.05, 4.69) is 20.5 Å². The number of benzene rings is 1. The molecule has 3 rings (SSSR count). The number of aromatic nitrogens is 3. The van der Waals surface area contributed by atoms with Crippen LogP contribution >= 0.6 is 0 Å². The van der Waals surface area contributed by atoms with Crippen molar-refractivity contribution in [2.24, 2.45) is 0 Å². The zero-order valence-electron chi connectivity index (χ0n) is 10.3. The third-order valence-corrected chi connectivity index (χ3v) is 2.78. The Hall–Kier alpha value is -3.02. The van der Waals surface area contributed by atoms with Gasteiger partial charge in [0, 0.05) is 11.6 Å². The second-order valence-electron chi connectivity index (χ2n) is 4.11. The molecule has 0 atom stereocenters. The van der Waals surface area contributed by atoms with E-state index in [1.54, 1.807) is 12.3 Å². The Morgan fingerprint density at radius 2 is 1.90 bits per heavy atom. The topological polar surface area (TPSA) is 88.0 Å². The van der Waals surface area contributed by atoms with Crippen molar-refractivity contribution < 1.29 is 9.90 Å². The Balaban J connectivity index is 1.95. The van der Waals surface area contributed by atoms with E-state index in [9.17, 15) is 4.79 Å². The van der Waals surface area contributed by atoms with Crippen LogP contribution in [0.15, 0.2) is 48.7 Å². The molecule has 2 heterocycles. The van der Waals surface area contributed by atoms with Crippen LogP contribution in [0.4, 0.5) is 11.5 Å². The first-order valence-electron chi connectivity index (χ1n) is 5.92. The highest BCUT2D eigenvalue weighted by molar-refractivity contribution is 5.91. The lowest BCUT2D eigenvalue weighted by atomic mass is 10.2. The largest absolute Gasteiger partial charge is 0.476 e. The quantitative estimate of drug-likeness (QED) is 0.757. The minimum Gasteiger partial charge on any atom is -0.476 e. The Morgan fingerprint density at radius 1 is 1.05 bits per heavy atom. The number of carboxylic acids is 1. The Bertz CT molecular complexity index is 766. The van der Waals surface area contributed by atoms with Gasteiger partial charge in [0.2, 0.25) is 0 Å². The van der Waals surface area contributed by atoms with Gasteiger partial charge < -0.3 is 10.4 Å². The number of anilines is 2. The van der Waals surface area contributed by atoms with Crippen LogP contribution in [-0.4, -0.2) is 26.3 Å². The maximum Gasteiger partial charge on any atom is 0.356 e. The number of fused-ring (bicyclic) bond motifs is 1. The summed E-state index contributed by atoms with van der Waals surface area (Å²) in [5.41, 5.74) is 1.52. The van der Waals surface area contributed by atoms with Crippen molar-refractivity contribution in [3.05, 3.63) is 54.4 Å². The molecule has 6 nitrogen and oxygen atoms in total. The van der Waals surface area contributed by atoms with E-state index < -0.39 is 5.97 Å². The van der Waals surface area contributed by atoms with E-state index in [4.69, 9.17) is 5.11 Å². The molecule has 2 aromatic heterocycles. The first-order chi connectivity index (χ1) is 9.74. The van der Waals surface area contributed by atoms with Gasteiger partial charge in [-0.05, 0) is 24.3 Å². The van der Waals surface area contributed by atoms with Crippen molar-refractivity contribution in [1.29, 1.82) is 0 Å². The standard InChI is InChI=1S/C14H10N4O2/c19-14(20)11-6-7-12(18-17-11)16-10-5-1-3-9-4-2-8-15-13(9)10/h1-8H,(H,16,18)(H,19,20). The average Bonchev–Trinajstić information content (AvgIpc) is 2.48. The third kappa shape index (κ3) is 2.26. The molecule has 0 bridgehead atoms. The molecule has 98 valence electrons. The van der Waals surface area contributed by atoms with Crippen LogP contribution in [0.25, 0.3) is 10.9 Å². The van der Waals surface area contributed by atoms with Crippen LogP contribution in [0.5, 0.6) is 0 Å². The minimum absolute atomic E-state index is 0.0911. The van der Waals surface area contributed by atoms with Crippen LogP contribution in [0.2, 0.25) is 0 Å². The van der Waals surface area contributed by atoms with Gasteiger partial charge in [-0.2, -0.15) is 0 Å². The molecule has 0 saturated heterocycles. The second kappa shape index (κ2) is 4.93. The third-order valence-electron chi connectivity index (χ3n) is 2.78. The van der Waals surface area contributed by atoms with Gasteiger partial charge in [0.25, 0.3) is 0 Å². The van der Waals surface area contributed by atoms with Crippen LogP contribution in [-0.2, 0) is 0 Å². The molecule has 0 aliphatic heterocycles. The Labute approximate surface area is 114 Å². The van der Waals surface area contributed by atoms with Gasteiger partial charge in [-0.15, -0.1) is 10.2 Å². The molecule has 0 saturated carbocycles. The van der Waals surface area contributed by atoms with Crippen molar-refractivity contribution in [3.63, 3.8) is 0 Å². The molecule has 0 unspecified atom stereocenters. The van der Waals surface area contributed by atoms with Crippen molar-refractivity contribution in [3.8, 4) is 0 Å². The predicted octanol–water partition coefficient (Wildman–Crippen LogP) is 2.47. The zero-order chi connectivity index (χ0) is 13.9. The van der Waals surface area contributed by atoms with Crippen molar-refractivity contribution in [2.45, 2.75) is 0 Å². The molecular weight excluding hydrogens is 256 g/mol. The number of aromatic carboxylic acids is 1. The first-order valence-corrected chi connectivity index (χ1v) is 5.92. The van der Waals surface area contributed by atoms with Crippen molar-refractivity contribution in [2.75, 3.05) is 5.32 Å². The van der Waals surface area contributed by atoms with E-state index in [1.807, 2.05) is 30.3 Å². The van der Waals surface area contributed by atoms with Crippen LogP contribution in [0.3, 0.4) is 0 Å². The minimum atomic E-state index is -1.10. The number of hydrogen-bond donors (Lipinski definition) is 2. The van der Waals surface area contributed by atoms with Crippen LogP contribution in [0.1, 0.15) is 10.5 Å². The fourth-order valence-corrected chi connectivity index (χ4v) is 1.86. The van der Waals surface area contributed by atoms with Crippen LogP contribution in [0, 0.1) is 0 Å². The molecule has 6 heteroatoms. The van der Waals surface area contributed by atoms with E-state index in [1.165, 1.54) is 6.07 Å². The van der Waals surface area contributed by atoms with Gasteiger partial charge in [0.1, 0.15) is 0 Å². The van der Waals surface area contributed by atoms with Gasteiger partial charge >= 0.3 is 5.97 Å². The lowest BCUT2D eigenvalue weighted by molar-refractivity contribution is 0.0689. The van der Waals surface area contributed by atoms with E-state index in [-0.39, 0.29) is 5.69 Å². The number of rotatable bonds is 3. The molecule has 0 spiro atoms. The highest BCUT2D eigenvalue weighted by Crippen LogP contribution is 2.23. The summed E-state index contributed by atoms with van der Waals surface area (Å²) in [6, 6.07) is 12.6. The smallest absolute Gasteiger partial charge is 0.356 e. The molecule has 1 aromatic carbocycles. The van der Waals surface area contributed by atoms with Crippen LogP contribution < -0.4 is 5.32 Å². The maximum atomic E-state index is 10.7. The van der Waals surface area contributed by atoms with Crippen molar-refractivity contribution >= 4 is 28.4 Å². The Kier molecular flexibility index (Phi) is 2.96. The summed E-state index contributed by atoms with van der Waals surface area (Å²) in [6.45, 7) is 0. The molecule has 3 aromatic rings. The van der Waals surface area contributed by atoms with E-state index in [0.29, 0.717) is 5.82 Å². The number of nitrogens with zero attached hydrogens (tertiary/aromatic N) is 3. The number of carbonyl (C=O) groups is 1. The fraction of sp³-hybridized carbons (Fsp3) is 0. The lowest BCUT2D eigenvalue weighted by Crippen LogP contribution is -2.03. The Morgan fingerprint density at radius 3 is 2.65 bits per heavy atom. The van der Waals surface area contributed by atoms with Gasteiger partial charge in [0.15, 0.2) is 11.5 Å². The molecule has 0 aliphatic carbocycles. The van der Waals surface area contributed by atoms with Gasteiger partial charge in [-0.1, -0.05) is 18.2 Å². The molecule has 0 amide bonds. The fourth-order valence-electron chi connectivity index (χ4n) is 1.86. The summed E-state index contributed by atoms with van der Waals surface area (Å²) >= 11 is 0. The highest BCUT2D eigenvalue weighted by atomic mass is 16.4. The first kappa shape index (κ1) is 12.0. The average molecular weight is 266 g/mol. The zero-order valence-corrected chi connectivity index (χ0v) is 10.3. The number of nitrogens with one attached hydrogen (secondary N) is 1. The molecule has 0 radical (unpaired) electrons. The summed E-state index contributed by atoms with van der Waals surface area (Å²) in [4.78, 5) is 15.0. The highest BCUT2D eigenvalue weighted by Gasteiger charge is 2.06. The summed E-state index contributed by atoms with van der Waals surface area (Å²) < 4.78 is 0. The second-order valence-corrected chi connectivity index (χ2v) is 4.11. The SMILES string of the molecule is O=C(O)c1ccc(Nc2cccc3cccnc23)nn1. The predicted molar refractivity (Wildman–Crippen MR) is 74.0 cm³/mol. The summed E-state index contributed by atoms with van der Waals surface area (Å²) in [6.07, 6.45) is 1.71. The normalized spacial score (nSPS) is 10.4. The molecule has 20 heavy (non-hydrogen) atoms. The van der Waals surface area contributed by atoms with Gasteiger partial charge in [-0.3, -0.25) is 4.98 Å². The number of pyridine rings is 1. The van der Waals surface area contributed by atoms with E-state index >= 15 is 0 Å². The molecule has 0 aliphatic rings. The maximum absolute atomic E-state index is 10.7. The number of carboxylic acid groups (broad SMARTS) is 1. The van der Waals surface area contributed by atoms with Crippen molar-refractivity contribution in [1.82, 2.24) is 15.2 Å². The number of para-hydroxylation sites is 1. The monoisotopic (exact) mass is 266 g/mol. The summed E-state index contributed by atoms with van der Waals surface area (Å²) in [7, 11) is 0. The molecular formula is C14H10N4O2.